The average molecular weight is 454 g/mol. The summed E-state index contributed by atoms with van der Waals surface area (Å²) < 4.78 is 8.74. The predicted octanol–water partition coefficient (Wildman–Crippen LogP) is 3.03. The van der Waals surface area contributed by atoms with Crippen molar-refractivity contribution in [2.24, 2.45) is 0 Å². The molecule has 5 aromatic rings. The first-order valence-electron chi connectivity index (χ1n) is 10.8. The van der Waals surface area contributed by atoms with Crippen molar-refractivity contribution in [2.45, 2.75) is 20.0 Å². The molecule has 34 heavy (non-hydrogen) atoms. The summed E-state index contributed by atoms with van der Waals surface area (Å²) in [5, 5.41) is 7.48. The van der Waals surface area contributed by atoms with Crippen LogP contribution in [0.4, 0.5) is 0 Å². The molecule has 0 bridgehead atoms. The second-order valence-electron chi connectivity index (χ2n) is 7.92. The molecule has 5 rings (SSSR count). The van der Waals surface area contributed by atoms with E-state index in [0.29, 0.717) is 29.9 Å². The van der Waals surface area contributed by atoms with E-state index in [1.54, 1.807) is 9.25 Å². The highest BCUT2D eigenvalue weighted by Crippen LogP contribution is 2.19. The minimum absolute atomic E-state index is 0.0127. The molecule has 0 radical (unpaired) electrons. The van der Waals surface area contributed by atoms with Crippen molar-refractivity contribution in [3.63, 3.8) is 0 Å². The number of carbonyl (C=O) groups is 1. The summed E-state index contributed by atoms with van der Waals surface area (Å²) in [6, 6.07) is 17.4. The molecule has 0 aliphatic heterocycles. The van der Waals surface area contributed by atoms with Gasteiger partial charge in [0.1, 0.15) is 11.7 Å². The fourth-order valence-corrected chi connectivity index (χ4v) is 3.75. The number of amides is 1. The van der Waals surface area contributed by atoms with E-state index >= 15 is 0 Å². The van der Waals surface area contributed by atoms with Gasteiger partial charge in [-0.05, 0) is 12.5 Å². The van der Waals surface area contributed by atoms with Gasteiger partial charge in [0, 0.05) is 12.1 Å². The quantitative estimate of drug-likeness (QED) is 0.405. The summed E-state index contributed by atoms with van der Waals surface area (Å²) in [6.07, 6.45) is 4.57. The molecule has 0 atom stereocenters. The summed E-state index contributed by atoms with van der Waals surface area (Å²) >= 11 is 0. The molecule has 1 amide bonds. The van der Waals surface area contributed by atoms with Gasteiger partial charge in [-0.15, -0.1) is 0 Å². The number of nitrogens with one attached hydrogen (secondary N) is 1. The van der Waals surface area contributed by atoms with E-state index in [9.17, 15) is 9.59 Å². The fourth-order valence-electron chi connectivity index (χ4n) is 3.75. The molecule has 3 heterocycles. The molecule has 0 saturated heterocycles. The molecule has 0 fully saturated rings. The Labute approximate surface area is 194 Å². The van der Waals surface area contributed by atoms with E-state index in [4.69, 9.17) is 4.42 Å². The van der Waals surface area contributed by atoms with Gasteiger partial charge in [-0.1, -0.05) is 60.2 Å². The molecule has 0 unspecified atom stereocenters. The van der Waals surface area contributed by atoms with E-state index in [2.05, 4.69) is 20.4 Å². The number of oxazole rings is 1. The molecule has 0 spiro atoms. The standard InChI is InChI=1S/C25H22N6O3/c1-17-6-5-7-18(12-17)15-30-16-28-22-20(25(30)33)13-29-31(22)11-10-26-23(32)24-27-14-21(34-24)19-8-3-2-4-9-19/h2-9,12-14,16H,10-11,15H2,1H3,(H,26,32). The molecule has 170 valence electrons. The lowest BCUT2D eigenvalue weighted by atomic mass is 10.1. The molecule has 9 nitrogen and oxygen atoms in total. The number of fused-ring (bicyclic) bond motifs is 1. The van der Waals surface area contributed by atoms with Crippen LogP contribution in [0.15, 0.2) is 82.5 Å². The lowest BCUT2D eigenvalue weighted by Crippen LogP contribution is -2.28. The molecular formula is C25H22N6O3. The average Bonchev–Trinajstić information content (AvgIpc) is 3.50. The second-order valence-corrected chi connectivity index (χ2v) is 7.92. The molecule has 3 aromatic heterocycles. The second kappa shape index (κ2) is 9.14. The van der Waals surface area contributed by atoms with Crippen LogP contribution in [0.5, 0.6) is 0 Å². The number of aryl methyl sites for hydroxylation is 1. The summed E-state index contributed by atoms with van der Waals surface area (Å²) in [7, 11) is 0. The van der Waals surface area contributed by atoms with Gasteiger partial charge in [-0.2, -0.15) is 5.10 Å². The van der Waals surface area contributed by atoms with Gasteiger partial charge in [0.2, 0.25) is 0 Å². The maximum Gasteiger partial charge on any atom is 0.307 e. The Morgan fingerprint density at radius 3 is 2.74 bits per heavy atom. The van der Waals surface area contributed by atoms with E-state index in [0.717, 1.165) is 16.7 Å². The zero-order valence-corrected chi connectivity index (χ0v) is 18.5. The van der Waals surface area contributed by atoms with E-state index in [-0.39, 0.29) is 18.0 Å². The van der Waals surface area contributed by atoms with Crippen molar-refractivity contribution in [1.82, 2.24) is 29.6 Å². The Balaban J connectivity index is 1.24. The molecular weight excluding hydrogens is 432 g/mol. The van der Waals surface area contributed by atoms with Crippen LogP contribution in [0.25, 0.3) is 22.4 Å². The van der Waals surface area contributed by atoms with Gasteiger partial charge in [0.05, 0.1) is 25.5 Å². The van der Waals surface area contributed by atoms with Crippen molar-refractivity contribution < 1.29 is 9.21 Å². The number of nitrogens with zero attached hydrogens (tertiary/aromatic N) is 5. The van der Waals surface area contributed by atoms with Crippen molar-refractivity contribution in [3.05, 3.63) is 101 Å². The Bertz CT molecular complexity index is 1520. The van der Waals surface area contributed by atoms with Gasteiger partial charge in [0.25, 0.3) is 11.4 Å². The zero-order chi connectivity index (χ0) is 23.5. The first-order valence-corrected chi connectivity index (χ1v) is 10.8. The molecule has 9 heteroatoms. The molecule has 2 aromatic carbocycles. The Kier molecular flexibility index (Phi) is 5.73. The van der Waals surface area contributed by atoms with E-state index in [1.807, 2.05) is 61.5 Å². The normalized spacial score (nSPS) is 11.1. The van der Waals surface area contributed by atoms with Crippen LogP contribution in [0, 0.1) is 6.92 Å². The summed E-state index contributed by atoms with van der Waals surface area (Å²) in [5.74, 6) is 0.0865. The minimum Gasteiger partial charge on any atom is -0.432 e. The first kappa shape index (κ1) is 21.3. The monoisotopic (exact) mass is 454 g/mol. The van der Waals surface area contributed by atoms with Crippen LogP contribution in [0.2, 0.25) is 0 Å². The van der Waals surface area contributed by atoms with Crippen LogP contribution in [-0.2, 0) is 13.1 Å². The lowest BCUT2D eigenvalue weighted by molar-refractivity contribution is 0.0918. The van der Waals surface area contributed by atoms with Gasteiger partial charge >= 0.3 is 5.91 Å². The number of hydrogen-bond acceptors (Lipinski definition) is 6. The van der Waals surface area contributed by atoms with Crippen molar-refractivity contribution in [3.8, 4) is 11.3 Å². The maximum atomic E-state index is 12.9. The highest BCUT2D eigenvalue weighted by molar-refractivity contribution is 5.90. The van der Waals surface area contributed by atoms with Crippen LogP contribution in [0.3, 0.4) is 0 Å². The van der Waals surface area contributed by atoms with Gasteiger partial charge in [-0.25, -0.2) is 14.6 Å². The van der Waals surface area contributed by atoms with Crippen LogP contribution < -0.4 is 10.9 Å². The molecule has 1 N–H and O–H groups in total. The van der Waals surface area contributed by atoms with Crippen molar-refractivity contribution in [2.75, 3.05) is 6.54 Å². The minimum atomic E-state index is -0.424. The van der Waals surface area contributed by atoms with Crippen molar-refractivity contribution in [1.29, 1.82) is 0 Å². The number of carbonyl (C=O) groups excluding carboxylic acids is 1. The highest BCUT2D eigenvalue weighted by Gasteiger charge is 2.15. The summed E-state index contributed by atoms with van der Waals surface area (Å²) in [6.45, 7) is 3.06. The SMILES string of the molecule is Cc1cccc(Cn2cnc3c(cnn3CCNC(=O)c3ncc(-c4ccccc4)o3)c2=O)c1. The van der Waals surface area contributed by atoms with E-state index in [1.165, 1.54) is 18.7 Å². The number of benzene rings is 2. The lowest BCUT2D eigenvalue weighted by Gasteiger charge is -2.07. The predicted molar refractivity (Wildman–Crippen MR) is 126 cm³/mol. The van der Waals surface area contributed by atoms with Gasteiger partial charge < -0.3 is 9.73 Å². The molecule has 0 aliphatic carbocycles. The Morgan fingerprint density at radius 2 is 1.91 bits per heavy atom. The third-order valence-corrected chi connectivity index (χ3v) is 5.43. The zero-order valence-electron chi connectivity index (χ0n) is 18.5. The number of hydrogen-bond donors (Lipinski definition) is 1. The summed E-state index contributed by atoms with van der Waals surface area (Å²) in [5.41, 5.74) is 3.32. The van der Waals surface area contributed by atoms with Crippen LogP contribution >= 0.6 is 0 Å². The third-order valence-electron chi connectivity index (χ3n) is 5.43. The van der Waals surface area contributed by atoms with Crippen LogP contribution in [-0.4, -0.2) is 36.8 Å². The molecule has 0 aliphatic rings. The van der Waals surface area contributed by atoms with E-state index < -0.39 is 5.91 Å². The molecule has 0 saturated carbocycles. The van der Waals surface area contributed by atoms with Gasteiger partial charge in [-0.3, -0.25) is 14.2 Å². The topological polar surface area (TPSA) is 108 Å². The summed E-state index contributed by atoms with van der Waals surface area (Å²) in [4.78, 5) is 33.8. The maximum absolute atomic E-state index is 12.9. The number of aromatic nitrogens is 5. The third kappa shape index (κ3) is 4.36. The highest BCUT2D eigenvalue weighted by atomic mass is 16.4. The Morgan fingerprint density at radius 1 is 1.06 bits per heavy atom. The van der Waals surface area contributed by atoms with Gasteiger partial charge in [0.15, 0.2) is 11.4 Å². The fraction of sp³-hybridized carbons (Fsp3) is 0.160. The van der Waals surface area contributed by atoms with Crippen LogP contribution in [0.1, 0.15) is 21.8 Å². The smallest absolute Gasteiger partial charge is 0.307 e. The Hall–Kier alpha value is -4.53. The largest absolute Gasteiger partial charge is 0.432 e. The first-order chi connectivity index (χ1) is 16.6. The number of rotatable bonds is 7. The van der Waals surface area contributed by atoms with Crippen molar-refractivity contribution >= 4 is 16.9 Å².